The zero-order valence-corrected chi connectivity index (χ0v) is 9.91. The van der Waals surface area contributed by atoms with Crippen LogP contribution in [-0.2, 0) is 0 Å². The maximum Gasteiger partial charge on any atom is 0.323 e. The first-order chi connectivity index (χ1) is 8.15. The van der Waals surface area contributed by atoms with E-state index in [4.69, 9.17) is 0 Å². The van der Waals surface area contributed by atoms with Gasteiger partial charge in [0, 0.05) is 18.7 Å². The first kappa shape index (κ1) is 11.4. The average Bonchev–Trinajstić information content (AvgIpc) is 2.69. The monoisotopic (exact) mass is 233 g/mol. The Bertz CT molecular complexity index is 593. The van der Waals surface area contributed by atoms with Gasteiger partial charge in [0.1, 0.15) is 0 Å². The molecule has 1 aromatic carbocycles. The molecule has 1 aromatic heterocycles. The van der Waals surface area contributed by atoms with Crippen molar-refractivity contribution in [1.82, 2.24) is 14.9 Å². The van der Waals surface area contributed by atoms with Gasteiger partial charge in [-0.05, 0) is 32.0 Å². The van der Waals surface area contributed by atoms with Crippen LogP contribution in [0.3, 0.4) is 0 Å². The predicted molar refractivity (Wildman–Crippen MR) is 66.2 cm³/mol. The SMILES string of the molecule is CCN(CC)C(=O)c1ccc2[nH]c(=O)[nH]c2c1. The molecule has 2 rings (SSSR count). The molecule has 5 heteroatoms. The van der Waals surface area contributed by atoms with E-state index in [-0.39, 0.29) is 11.6 Å². The number of aromatic amines is 2. The molecule has 0 aliphatic rings. The molecule has 0 spiro atoms. The predicted octanol–water partition coefficient (Wildman–Crippen LogP) is 1.34. The maximum absolute atomic E-state index is 12.1. The lowest BCUT2D eigenvalue weighted by atomic mass is 10.1. The van der Waals surface area contributed by atoms with Crippen molar-refractivity contribution in [3.05, 3.63) is 34.2 Å². The molecule has 0 aliphatic heterocycles. The lowest BCUT2D eigenvalue weighted by Gasteiger charge is -2.18. The number of nitrogens with one attached hydrogen (secondary N) is 2. The summed E-state index contributed by atoms with van der Waals surface area (Å²) in [6, 6.07) is 5.17. The van der Waals surface area contributed by atoms with Gasteiger partial charge in [-0.1, -0.05) is 0 Å². The Balaban J connectivity index is 2.42. The van der Waals surface area contributed by atoms with Gasteiger partial charge in [-0.25, -0.2) is 4.79 Å². The van der Waals surface area contributed by atoms with Crippen LogP contribution in [0.5, 0.6) is 0 Å². The molecule has 0 unspecified atom stereocenters. The minimum absolute atomic E-state index is 0.0149. The molecule has 5 nitrogen and oxygen atoms in total. The first-order valence-electron chi connectivity index (χ1n) is 5.67. The first-order valence-corrected chi connectivity index (χ1v) is 5.67. The third-order valence-electron chi connectivity index (χ3n) is 2.81. The maximum atomic E-state index is 12.1. The molecule has 1 amide bonds. The number of carbonyl (C=O) groups excluding carboxylic acids is 1. The Labute approximate surface area is 98.4 Å². The molecule has 0 radical (unpaired) electrons. The number of aromatic nitrogens is 2. The topological polar surface area (TPSA) is 69.0 Å². The molecule has 90 valence electrons. The fourth-order valence-electron chi connectivity index (χ4n) is 1.86. The van der Waals surface area contributed by atoms with Crippen LogP contribution in [0, 0.1) is 0 Å². The lowest BCUT2D eigenvalue weighted by Crippen LogP contribution is -2.30. The van der Waals surface area contributed by atoms with Crippen molar-refractivity contribution in [2.75, 3.05) is 13.1 Å². The van der Waals surface area contributed by atoms with Gasteiger partial charge in [-0.3, -0.25) is 4.79 Å². The third kappa shape index (κ3) is 2.08. The van der Waals surface area contributed by atoms with E-state index in [2.05, 4.69) is 9.97 Å². The Kier molecular flexibility index (Phi) is 2.99. The molecular weight excluding hydrogens is 218 g/mol. The molecule has 2 aromatic rings. The van der Waals surface area contributed by atoms with E-state index in [1.807, 2.05) is 13.8 Å². The van der Waals surface area contributed by atoms with Crippen molar-refractivity contribution in [3.8, 4) is 0 Å². The minimum atomic E-state index is -0.257. The number of H-pyrrole nitrogens is 2. The van der Waals surface area contributed by atoms with Gasteiger partial charge < -0.3 is 14.9 Å². The van der Waals surface area contributed by atoms with Crippen molar-refractivity contribution < 1.29 is 4.79 Å². The normalized spacial score (nSPS) is 10.7. The fourth-order valence-corrected chi connectivity index (χ4v) is 1.86. The third-order valence-corrected chi connectivity index (χ3v) is 2.81. The summed E-state index contributed by atoms with van der Waals surface area (Å²) in [5.74, 6) is -0.0149. The number of rotatable bonds is 3. The number of hydrogen-bond donors (Lipinski definition) is 2. The summed E-state index contributed by atoms with van der Waals surface area (Å²) in [6.07, 6.45) is 0. The van der Waals surface area contributed by atoms with Crippen molar-refractivity contribution >= 4 is 16.9 Å². The Morgan fingerprint density at radius 2 is 1.82 bits per heavy atom. The molecular formula is C12H15N3O2. The summed E-state index contributed by atoms with van der Waals surface area (Å²) in [6.45, 7) is 5.24. The van der Waals surface area contributed by atoms with Gasteiger partial charge in [0.25, 0.3) is 5.91 Å². The second kappa shape index (κ2) is 4.45. The summed E-state index contributed by atoms with van der Waals surface area (Å²) in [5.41, 5.74) is 1.71. The summed E-state index contributed by atoms with van der Waals surface area (Å²) < 4.78 is 0. The second-order valence-electron chi connectivity index (χ2n) is 3.82. The number of carbonyl (C=O) groups is 1. The van der Waals surface area contributed by atoms with Crippen LogP contribution in [0.1, 0.15) is 24.2 Å². The molecule has 0 aliphatic carbocycles. The smallest absolute Gasteiger partial charge is 0.323 e. The number of nitrogens with zero attached hydrogens (tertiary/aromatic N) is 1. The fraction of sp³-hybridized carbons (Fsp3) is 0.333. The molecule has 0 bridgehead atoms. The van der Waals surface area contributed by atoms with Gasteiger partial charge in [0.05, 0.1) is 11.0 Å². The Morgan fingerprint density at radius 3 is 2.47 bits per heavy atom. The van der Waals surface area contributed by atoms with Gasteiger partial charge >= 0.3 is 5.69 Å². The highest BCUT2D eigenvalue weighted by Gasteiger charge is 2.13. The largest absolute Gasteiger partial charge is 0.339 e. The molecule has 0 atom stereocenters. The van der Waals surface area contributed by atoms with Crippen molar-refractivity contribution in [2.45, 2.75) is 13.8 Å². The lowest BCUT2D eigenvalue weighted by molar-refractivity contribution is 0.0773. The summed E-state index contributed by atoms with van der Waals surface area (Å²) >= 11 is 0. The highest BCUT2D eigenvalue weighted by Crippen LogP contribution is 2.12. The minimum Gasteiger partial charge on any atom is -0.339 e. The van der Waals surface area contributed by atoms with Crippen LogP contribution in [0.25, 0.3) is 11.0 Å². The van der Waals surface area contributed by atoms with E-state index in [9.17, 15) is 9.59 Å². The van der Waals surface area contributed by atoms with E-state index in [1.165, 1.54) is 0 Å². The van der Waals surface area contributed by atoms with Crippen molar-refractivity contribution in [3.63, 3.8) is 0 Å². The standard InChI is InChI=1S/C12H15N3O2/c1-3-15(4-2)11(16)8-5-6-9-10(7-8)14-12(17)13-9/h5-7H,3-4H2,1-2H3,(H2,13,14,17). The molecule has 17 heavy (non-hydrogen) atoms. The highest BCUT2D eigenvalue weighted by atomic mass is 16.2. The molecule has 0 saturated heterocycles. The van der Waals surface area contributed by atoms with E-state index in [1.54, 1.807) is 23.1 Å². The van der Waals surface area contributed by atoms with Gasteiger partial charge in [-0.15, -0.1) is 0 Å². The molecule has 1 heterocycles. The zero-order chi connectivity index (χ0) is 12.4. The molecule has 0 saturated carbocycles. The Morgan fingerprint density at radius 1 is 1.18 bits per heavy atom. The van der Waals surface area contributed by atoms with Crippen LogP contribution in [0.2, 0.25) is 0 Å². The van der Waals surface area contributed by atoms with Crippen LogP contribution < -0.4 is 5.69 Å². The van der Waals surface area contributed by atoms with Crippen LogP contribution >= 0.6 is 0 Å². The Hall–Kier alpha value is -2.04. The van der Waals surface area contributed by atoms with Crippen LogP contribution in [0.4, 0.5) is 0 Å². The quantitative estimate of drug-likeness (QED) is 0.839. The van der Waals surface area contributed by atoms with E-state index < -0.39 is 0 Å². The summed E-state index contributed by atoms with van der Waals surface area (Å²) in [4.78, 5) is 30.2. The number of imidazole rings is 1. The van der Waals surface area contributed by atoms with E-state index in [0.717, 1.165) is 0 Å². The van der Waals surface area contributed by atoms with Crippen molar-refractivity contribution in [2.24, 2.45) is 0 Å². The summed E-state index contributed by atoms with van der Waals surface area (Å²) in [7, 11) is 0. The van der Waals surface area contributed by atoms with Gasteiger partial charge in [-0.2, -0.15) is 0 Å². The van der Waals surface area contributed by atoms with E-state index >= 15 is 0 Å². The van der Waals surface area contributed by atoms with Gasteiger partial charge in [0.15, 0.2) is 0 Å². The molecule has 0 fully saturated rings. The number of benzene rings is 1. The van der Waals surface area contributed by atoms with Crippen LogP contribution in [-0.4, -0.2) is 33.9 Å². The van der Waals surface area contributed by atoms with Gasteiger partial charge in [0.2, 0.25) is 0 Å². The number of hydrogen-bond acceptors (Lipinski definition) is 2. The number of fused-ring (bicyclic) bond motifs is 1. The highest BCUT2D eigenvalue weighted by molar-refractivity contribution is 5.97. The zero-order valence-electron chi connectivity index (χ0n) is 9.91. The second-order valence-corrected chi connectivity index (χ2v) is 3.82. The number of amides is 1. The van der Waals surface area contributed by atoms with E-state index in [0.29, 0.717) is 29.7 Å². The average molecular weight is 233 g/mol. The van der Waals surface area contributed by atoms with Crippen molar-refractivity contribution in [1.29, 1.82) is 0 Å². The van der Waals surface area contributed by atoms with Crippen LogP contribution in [0.15, 0.2) is 23.0 Å². The summed E-state index contributed by atoms with van der Waals surface area (Å²) in [5, 5.41) is 0. The molecule has 2 N–H and O–H groups in total.